The van der Waals surface area contributed by atoms with Crippen molar-refractivity contribution >= 4 is 11.6 Å². The number of likely N-dealkylation sites (tertiary alicyclic amines) is 1. The smallest absolute Gasteiger partial charge is 0.410 e. The van der Waals surface area contributed by atoms with E-state index in [-0.39, 0.29) is 12.1 Å². The molecule has 4 heterocycles. The van der Waals surface area contributed by atoms with Gasteiger partial charge in [0.1, 0.15) is 40.3 Å². The number of hydrogen-bond acceptors (Lipinski definition) is 8. The molecule has 0 saturated carbocycles. The maximum Gasteiger partial charge on any atom is 0.410 e. The van der Waals surface area contributed by atoms with E-state index in [0.717, 1.165) is 35.2 Å². The molecule has 1 aliphatic heterocycles. The zero-order chi connectivity index (χ0) is 31.1. The number of benzene rings is 1. The van der Waals surface area contributed by atoms with E-state index in [1.54, 1.807) is 23.3 Å². The van der Waals surface area contributed by atoms with Crippen LogP contribution in [0.2, 0.25) is 0 Å². The average Bonchev–Trinajstić information content (AvgIpc) is 3.55. The maximum atomic E-state index is 12.5. The summed E-state index contributed by atoms with van der Waals surface area (Å²) in [5.41, 5.74) is 3.27. The number of nitriles is 1. The molecule has 0 radical (unpaired) electrons. The Kier molecular flexibility index (Phi) is 7.92. The predicted molar refractivity (Wildman–Crippen MR) is 160 cm³/mol. The fraction of sp³-hybridized carbons (Fsp3) is 0.469. The third-order valence-electron chi connectivity index (χ3n) is 7.72. The zero-order valence-corrected chi connectivity index (χ0v) is 25.8. The summed E-state index contributed by atoms with van der Waals surface area (Å²) in [5.74, 6) is 0.476. The molecule has 1 atom stereocenters. The van der Waals surface area contributed by atoms with Crippen molar-refractivity contribution in [1.29, 1.82) is 5.26 Å². The lowest BCUT2D eigenvalue weighted by molar-refractivity contribution is 0.0183. The van der Waals surface area contributed by atoms with Gasteiger partial charge in [0, 0.05) is 24.8 Å². The molecule has 1 saturated heterocycles. The Morgan fingerprint density at radius 3 is 2.51 bits per heavy atom. The lowest BCUT2D eigenvalue weighted by Crippen LogP contribution is -2.42. The van der Waals surface area contributed by atoms with Crippen LogP contribution >= 0.6 is 0 Å². The highest BCUT2D eigenvalue weighted by Crippen LogP contribution is 2.36. The van der Waals surface area contributed by atoms with Crippen LogP contribution in [0, 0.1) is 18.3 Å². The van der Waals surface area contributed by atoms with Crippen molar-refractivity contribution < 1.29 is 19.4 Å². The first-order valence-corrected chi connectivity index (χ1v) is 14.6. The van der Waals surface area contributed by atoms with Crippen molar-refractivity contribution in [3.8, 4) is 23.1 Å². The number of aromatic nitrogens is 5. The molecule has 226 valence electrons. The molecule has 3 aromatic heterocycles. The van der Waals surface area contributed by atoms with E-state index < -0.39 is 17.3 Å². The number of fused-ring (bicyclic) bond motifs is 1. The van der Waals surface area contributed by atoms with Gasteiger partial charge in [-0.25, -0.2) is 14.0 Å². The summed E-state index contributed by atoms with van der Waals surface area (Å²) < 4.78 is 15.6. The summed E-state index contributed by atoms with van der Waals surface area (Å²) in [6, 6.07) is 11.8. The van der Waals surface area contributed by atoms with Gasteiger partial charge in [0.05, 0.1) is 23.5 Å². The van der Waals surface area contributed by atoms with E-state index in [9.17, 15) is 15.2 Å². The van der Waals surface area contributed by atoms with Gasteiger partial charge in [0.25, 0.3) is 0 Å². The topological polar surface area (TPSA) is 131 Å². The monoisotopic (exact) mass is 585 g/mol. The summed E-state index contributed by atoms with van der Waals surface area (Å²) in [7, 11) is 0. The number of piperidine rings is 1. The molecule has 4 aromatic rings. The number of hydrogen-bond donors (Lipinski definition) is 1. The normalized spacial score (nSPS) is 15.4. The first kappa shape index (κ1) is 30.0. The van der Waals surface area contributed by atoms with E-state index in [0.29, 0.717) is 35.6 Å². The highest BCUT2D eigenvalue weighted by Gasteiger charge is 2.30. The first-order chi connectivity index (χ1) is 20.3. The predicted octanol–water partition coefficient (Wildman–Crippen LogP) is 5.71. The first-order valence-electron chi connectivity index (χ1n) is 14.6. The minimum atomic E-state index is -1.06. The van der Waals surface area contributed by atoms with Crippen LogP contribution < -0.4 is 4.74 Å². The van der Waals surface area contributed by atoms with Gasteiger partial charge >= 0.3 is 6.09 Å². The molecule has 1 unspecified atom stereocenters. The molecular weight excluding hydrogens is 546 g/mol. The number of carbonyl (C=O) groups is 1. The van der Waals surface area contributed by atoms with Crippen LogP contribution in [0.25, 0.3) is 16.8 Å². The molecule has 43 heavy (non-hydrogen) atoms. The van der Waals surface area contributed by atoms with E-state index in [4.69, 9.17) is 9.47 Å². The molecular formula is C32H39N7O4. The van der Waals surface area contributed by atoms with Crippen LogP contribution in [-0.4, -0.2) is 59.4 Å². The molecule has 1 fully saturated rings. The van der Waals surface area contributed by atoms with Crippen molar-refractivity contribution in [1.82, 2.24) is 29.5 Å². The van der Waals surface area contributed by atoms with Crippen molar-refractivity contribution in [2.75, 3.05) is 13.1 Å². The molecule has 1 N–H and O–H groups in total. The standard InChI is InChI=1S/C32H39N7O4/c1-20-28(35-36-39(20)24-12-14-37(15-13-24)30(40)43-31(3,4)5)22-16-27(29-23(17-33)18-34-38(29)19-22)42-21(2)25-10-8-9-11-26(25)32(6,7)41/h8-11,16,18-19,21,24,41H,12-15H2,1-7H3. The third kappa shape index (κ3) is 6.20. The summed E-state index contributed by atoms with van der Waals surface area (Å²) >= 11 is 0. The number of rotatable bonds is 6. The SMILES string of the molecule is Cc1c(-c2cc(OC(C)c3ccccc3C(C)(C)O)c3c(C#N)cnn3c2)nnn1C1CCN(C(=O)OC(C)(C)C)CC1. The van der Waals surface area contributed by atoms with Gasteiger partial charge in [-0.15, -0.1) is 5.10 Å². The fourth-order valence-electron chi connectivity index (χ4n) is 5.62. The van der Waals surface area contributed by atoms with E-state index in [2.05, 4.69) is 21.5 Å². The average molecular weight is 586 g/mol. The lowest BCUT2D eigenvalue weighted by Gasteiger charge is -2.33. The van der Waals surface area contributed by atoms with Gasteiger partial charge in [0.2, 0.25) is 0 Å². The minimum Gasteiger partial charge on any atom is -0.484 e. The summed E-state index contributed by atoms with van der Waals surface area (Å²) in [5, 5.41) is 34.0. The van der Waals surface area contributed by atoms with Gasteiger partial charge < -0.3 is 19.5 Å². The van der Waals surface area contributed by atoms with Crippen molar-refractivity contribution in [2.45, 2.75) is 84.7 Å². The van der Waals surface area contributed by atoms with Crippen LogP contribution in [0.3, 0.4) is 0 Å². The molecule has 1 aromatic carbocycles. The van der Waals surface area contributed by atoms with Gasteiger partial charge in [0.15, 0.2) is 0 Å². The Bertz CT molecular complexity index is 1680. The van der Waals surface area contributed by atoms with Crippen LogP contribution in [0.15, 0.2) is 42.7 Å². The molecule has 1 aliphatic rings. The Morgan fingerprint density at radius 1 is 1.16 bits per heavy atom. The highest BCUT2D eigenvalue weighted by atomic mass is 16.6. The van der Waals surface area contributed by atoms with Crippen molar-refractivity contribution in [3.63, 3.8) is 0 Å². The molecule has 11 heteroatoms. The van der Waals surface area contributed by atoms with E-state index in [1.165, 1.54) is 6.20 Å². The van der Waals surface area contributed by atoms with E-state index >= 15 is 0 Å². The second-order valence-electron chi connectivity index (χ2n) is 12.6. The zero-order valence-electron chi connectivity index (χ0n) is 25.8. The number of ether oxygens (including phenoxy) is 2. The van der Waals surface area contributed by atoms with Gasteiger partial charge in [-0.3, -0.25) is 0 Å². The summed E-state index contributed by atoms with van der Waals surface area (Å²) in [4.78, 5) is 14.3. The van der Waals surface area contributed by atoms with Gasteiger partial charge in [-0.1, -0.05) is 29.5 Å². The Labute approximate surface area is 251 Å². The van der Waals surface area contributed by atoms with Crippen LogP contribution in [0.1, 0.15) is 88.9 Å². The maximum absolute atomic E-state index is 12.5. The largest absolute Gasteiger partial charge is 0.484 e. The minimum absolute atomic E-state index is 0.0904. The van der Waals surface area contributed by atoms with E-state index in [1.807, 2.05) is 75.8 Å². The number of pyridine rings is 1. The number of carbonyl (C=O) groups excluding carboxylic acids is 1. The van der Waals surface area contributed by atoms with Gasteiger partial charge in [-0.05, 0) is 78.5 Å². The fourth-order valence-corrected chi connectivity index (χ4v) is 5.62. The second-order valence-corrected chi connectivity index (χ2v) is 12.6. The molecule has 0 aliphatic carbocycles. The molecule has 11 nitrogen and oxygen atoms in total. The van der Waals surface area contributed by atoms with Crippen LogP contribution in [0.4, 0.5) is 4.79 Å². The highest BCUT2D eigenvalue weighted by molar-refractivity contribution is 5.75. The number of aliphatic hydroxyl groups is 1. The van der Waals surface area contributed by atoms with Crippen molar-refractivity contribution in [2.24, 2.45) is 0 Å². The number of amides is 1. The number of nitrogens with zero attached hydrogens (tertiary/aromatic N) is 7. The lowest BCUT2D eigenvalue weighted by atomic mass is 9.91. The Balaban J connectivity index is 1.44. The van der Waals surface area contributed by atoms with Crippen LogP contribution in [-0.2, 0) is 10.3 Å². The molecule has 0 bridgehead atoms. The summed E-state index contributed by atoms with van der Waals surface area (Å²) in [6.07, 6.45) is 4.08. The Morgan fingerprint density at radius 2 is 1.86 bits per heavy atom. The quantitative estimate of drug-likeness (QED) is 0.304. The third-order valence-corrected chi connectivity index (χ3v) is 7.72. The summed E-state index contributed by atoms with van der Waals surface area (Å²) in [6.45, 7) is 14.1. The van der Waals surface area contributed by atoms with Crippen molar-refractivity contribution in [3.05, 3.63) is 65.1 Å². The second kappa shape index (κ2) is 11.3. The molecule has 0 spiro atoms. The van der Waals surface area contributed by atoms with Crippen LogP contribution in [0.5, 0.6) is 5.75 Å². The van der Waals surface area contributed by atoms with Gasteiger partial charge in [-0.2, -0.15) is 10.4 Å². The Hall–Kier alpha value is -4.43. The molecule has 5 rings (SSSR count). The molecule has 1 amide bonds.